The zero-order valence-electron chi connectivity index (χ0n) is 10.0. The molecule has 1 saturated heterocycles. The number of amides is 1. The van der Waals surface area contributed by atoms with Crippen LogP contribution in [-0.4, -0.2) is 41.3 Å². The standard InChI is InChI=1S/C11H17N3O3/c1-7-9(5-13-17-7)6-14-3-4-16-8(2)10(14)11(12)15/h5,8,10H,3-4,6H2,1-2H3,(H2,12,15)/t8-,10+/m1/s1. The molecule has 0 unspecified atom stereocenters. The molecule has 0 aliphatic carbocycles. The van der Waals surface area contributed by atoms with Crippen LogP contribution in [0.15, 0.2) is 10.7 Å². The maximum Gasteiger partial charge on any atom is 0.237 e. The van der Waals surface area contributed by atoms with Gasteiger partial charge in [-0.15, -0.1) is 0 Å². The normalized spacial score (nSPS) is 26.0. The third-order valence-electron chi connectivity index (χ3n) is 3.11. The zero-order chi connectivity index (χ0) is 12.4. The van der Waals surface area contributed by atoms with E-state index in [1.165, 1.54) is 0 Å². The van der Waals surface area contributed by atoms with Gasteiger partial charge in [-0.3, -0.25) is 9.69 Å². The minimum Gasteiger partial charge on any atom is -0.375 e. The number of aromatic nitrogens is 1. The first-order valence-corrected chi connectivity index (χ1v) is 5.64. The SMILES string of the molecule is Cc1oncc1CN1CCO[C@H](C)[C@H]1C(N)=O. The molecule has 2 heterocycles. The van der Waals surface area contributed by atoms with Gasteiger partial charge in [0, 0.05) is 18.7 Å². The Bertz CT molecular complexity index is 404. The van der Waals surface area contributed by atoms with E-state index in [2.05, 4.69) is 5.16 Å². The average Bonchev–Trinajstić information content (AvgIpc) is 2.64. The number of ether oxygens (including phenoxy) is 1. The smallest absolute Gasteiger partial charge is 0.237 e. The van der Waals surface area contributed by atoms with Gasteiger partial charge in [-0.05, 0) is 13.8 Å². The van der Waals surface area contributed by atoms with Crippen molar-refractivity contribution in [3.05, 3.63) is 17.5 Å². The van der Waals surface area contributed by atoms with Crippen LogP contribution in [0.2, 0.25) is 0 Å². The Hall–Kier alpha value is -1.40. The van der Waals surface area contributed by atoms with Gasteiger partial charge in [-0.25, -0.2) is 0 Å². The molecule has 0 bridgehead atoms. The van der Waals surface area contributed by atoms with Gasteiger partial charge in [0.25, 0.3) is 0 Å². The van der Waals surface area contributed by atoms with Gasteiger partial charge in [0.1, 0.15) is 11.8 Å². The van der Waals surface area contributed by atoms with Gasteiger partial charge in [-0.1, -0.05) is 5.16 Å². The van der Waals surface area contributed by atoms with Gasteiger partial charge in [0.2, 0.25) is 5.91 Å². The quantitative estimate of drug-likeness (QED) is 0.806. The number of hydrogen-bond acceptors (Lipinski definition) is 5. The maximum absolute atomic E-state index is 11.5. The highest BCUT2D eigenvalue weighted by molar-refractivity contribution is 5.80. The zero-order valence-corrected chi connectivity index (χ0v) is 10.0. The van der Waals surface area contributed by atoms with Crippen LogP contribution in [0.3, 0.4) is 0 Å². The van der Waals surface area contributed by atoms with E-state index in [9.17, 15) is 4.79 Å². The lowest BCUT2D eigenvalue weighted by Crippen LogP contribution is -2.56. The minimum atomic E-state index is -0.391. The lowest BCUT2D eigenvalue weighted by molar-refractivity contribution is -0.136. The number of hydrogen-bond donors (Lipinski definition) is 1. The number of nitrogens with two attached hydrogens (primary N) is 1. The minimum absolute atomic E-state index is 0.179. The van der Waals surface area contributed by atoms with E-state index in [1.54, 1.807) is 6.20 Å². The number of primary amides is 1. The molecule has 1 aromatic rings. The number of aryl methyl sites for hydroxylation is 1. The summed E-state index contributed by atoms with van der Waals surface area (Å²) in [5.41, 5.74) is 6.39. The molecule has 17 heavy (non-hydrogen) atoms. The summed E-state index contributed by atoms with van der Waals surface area (Å²) in [6.45, 7) is 5.61. The summed E-state index contributed by atoms with van der Waals surface area (Å²) in [5, 5.41) is 3.73. The highest BCUT2D eigenvalue weighted by Crippen LogP contribution is 2.18. The molecule has 2 atom stereocenters. The Morgan fingerprint density at radius 3 is 3.06 bits per heavy atom. The Morgan fingerprint density at radius 1 is 1.71 bits per heavy atom. The summed E-state index contributed by atoms with van der Waals surface area (Å²) in [5.74, 6) is 0.415. The molecule has 0 radical (unpaired) electrons. The second-order valence-electron chi connectivity index (χ2n) is 4.30. The monoisotopic (exact) mass is 239 g/mol. The first kappa shape index (κ1) is 12.1. The summed E-state index contributed by atoms with van der Waals surface area (Å²) in [4.78, 5) is 13.5. The van der Waals surface area contributed by atoms with Crippen molar-refractivity contribution in [3.63, 3.8) is 0 Å². The van der Waals surface area contributed by atoms with Gasteiger partial charge in [0.05, 0.1) is 18.9 Å². The molecule has 94 valence electrons. The van der Waals surface area contributed by atoms with E-state index >= 15 is 0 Å². The summed E-state index contributed by atoms with van der Waals surface area (Å²) >= 11 is 0. The van der Waals surface area contributed by atoms with Gasteiger partial charge < -0.3 is 15.0 Å². The number of nitrogens with zero attached hydrogens (tertiary/aromatic N) is 2. The van der Waals surface area contributed by atoms with Crippen molar-refractivity contribution in [2.75, 3.05) is 13.2 Å². The van der Waals surface area contributed by atoms with Gasteiger partial charge >= 0.3 is 0 Å². The molecule has 1 fully saturated rings. The van der Waals surface area contributed by atoms with E-state index in [4.69, 9.17) is 15.0 Å². The number of carbonyl (C=O) groups is 1. The molecule has 1 amide bonds. The van der Waals surface area contributed by atoms with Crippen LogP contribution in [0, 0.1) is 6.92 Å². The largest absolute Gasteiger partial charge is 0.375 e. The predicted octanol–water partition coefficient (Wildman–Crippen LogP) is 0.0576. The second-order valence-corrected chi connectivity index (χ2v) is 4.30. The van der Waals surface area contributed by atoms with E-state index in [1.807, 2.05) is 18.7 Å². The van der Waals surface area contributed by atoms with Gasteiger partial charge in [0.15, 0.2) is 0 Å². The first-order valence-electron chi connectivity index (χ1n) is 5.64. The van der Waals surface area contributed by atoms with Crippen molar-refractivity contribution in [1.82, 2.24) is 10.1 Å². The van der Waals surface area contributed by atoms with Crippen LogP contribution in [0.4, 0.5) is 0 Å². The van der Waals surface area contributed by atoms with Crippen LogP contribution >= 0.6 is 0 Å². The fourth-order valence-electron chi connectivity index (χ4n) is 2.16. The van der Waals surface area contributed by atoms with Crippen LogP contribution in [0.5, 0.6) is 0 Å². The van der Waals surface area contributed by atoms with Gasteiger partial charge in [-0.2, -0.15) is 0 Å². The van der Waals surface area contributed by atoms with Crippen LogP contribution < -0.4 is 5.73 Å². The predicted molar refractivity (Wildman–Crippen MR) is 60.0 cm³/mol. The fraction of sp³-hybridized carbons (Fsp3) is 0.636. The summed E-state index contributed by atoms with van der Waals surface area (Å²) < 4.78 is 10.5. The first-order chi connectivity index (χ1) is 8.09. The molecule has 2 rings (SSSR count). The van der Waals surface area contributed by atoms with Crippen LogP contribution in [-0.2, 0) is 16.1 Å². The van der Waals surface area contributed by atoms with E-state index in [-0.39, 0.29) is 12.0 Å². The maximum atomic E-state index is 11.5. The third kappa shape index (κ3) is 2.48. The van der Waals surface area contributed by atoms with Crippen molar-refractivity contribution in [2.45, 2.75) is 32.5 Å². The van der Waals surface area contributed by atoms with Crippen molar-refractivity contribution in [3.8, 4) is 0 Å². The molecule has 6 heteroatoms. The highest BCUT2D eigenvalue weighted by Gasteiger charge is 2.34. The van der Waals surface area contributed by atoms with Crippen LogP contribution in [0.25, 0.3) is 0 Å². The molecular weight excluding hydrogens is 222 g/mol. The number of carbonyl (C=O) groups excluding carboxylic acids is 1. The summed E-state index contributed by atoms with van der Waals surface area (Å²) in [7, 11) is 0. The summed E-state index contributed by atoms with van der Waals surface area (Å²) in [6, 6.07) is -0.391. The topological polar surface area (TPSA) is 81.6 Å². The molecule has 1 aliphatic rings. The lowest BCUT2D eigenvalue weighted by Gasteiger charge is -2.37. The molecule has 2 N–H and O–H groups in total. The average molecular weight is 239 g/mol. The van der Waals surface area contributed by atoms with Crippen molar-refractivity contribution < 1.29 is 14.1 Å². The van der Waals surface area contributed by atoms with Crippen LogP contribution in [0.1, 0.15) is 18.2 Å². The van der Waals surface area contributed by atoms with Crippen molar-refractivity contribution >= 4 is 5.91 Å². The molecule has 0 spiro atoms. The van der Waals surface area contributed by atoms with E-state index in [0.717, 1.165) is 11.3 Å². The van der Waals surface area contributed by atoms with Crippen molar-refractivity contribution in [2.24, 2.45) is 5.73 Å². The molecular formula is C11H17N3O3. The Morgan fingerprint density at radius 2 is 2.47 bits per heavy atom. The third-order valence-corrected chi connectivity index (χ3v) is 3.11. The molecule has 0 aromatic carbocycles. The number of rotatable bonds is 3. The fourth-order valence-corrected chi connectivity index (χ4v) is 2.16. The molecule has 1 aliphatic heterocycles. The molecule has 0 saturated carbocycles. The Balaban J connectivity index is 2.12. The second kappa shape index (κ2) is 4.85. The molecule has 1 aromatic heterocycles. The van der Waals surface area contributed by atoms with E-state index < -0.39 is 6.04 Å². The van der Waals surface area contributed by atoms with Crippen molar-refractivity contribution in [1.29, 1.82) is 0 Å². The lowest BCUT2D eigenvalue weighted by atomic mass is 10.1. The van der Waals surface area contributed by atoms with E-state index in [0.29, 0.717) is 19.7 Å². The highest BCUT2D eigenvalue weighted by atomic mass is 16.5. The Labute approximate surface area is 99.7 Å². The number of morpholine rings is 1. The summed E-state index contributed by atoms with van der Waals surface area (Å²) in [6.07, 6.45) is 1.49. The molecule has 6 nitrogen and oxygen atoms in total. The Kier molecular flexibility index (Phi) is 3.44.